The maximum absolute atomic E-state index is 13.4. The molecule has 0 aliphatic carbocycles. The van der Waals surface area contributed by atoms with Gasteiger partial charge in [-0.05, 0) is 37.3 Å². The van der Waals surface area contributed by atoms with Gasteiger partial charge in [0.15, 0.2) is 17.6 Å². The summed E-state index contributed by atoms with van der Waals surface area (Å²) >= 11 is 3.41. The van der Waals surface area contributed by atoms with Gasteiger partial charge in [0.05, 0.1) is 38.4 Å². The standard InChI is InChI=1S/C25H28BrN3O6/c1-14(23(31)34-7)35-21-19(32-5)10-15(11-20(21)33-6)13-27-29-22(30)17-12-16(26)8-9-18(17)28-24(29)25(2,3)4/h8-14H,1-7H3/t14-/m0/s1. The molecule has 2 aromatic carbocycles. The van der Waals surface area contributed by atoms with Crippen molar-refractivity contribution in [2.45, 2.75) is 39.2 Å². The molecule has 10 heteroatoms. The zero-order chi connectivity index (χ0) is 25.9. The Kier molecular flexibility index (Phi) is 7.84. The molecule has 0 amide bonds. The molecule has 186 valence electrons. The van der Waals surface area contributed by atoms with Crippen molar-refractivity contribution >= 4 is 39.0 Å². The smallest absolute Gasteiger partial charge is 0.346 e. The Bertz CT molecular complexity index is 1320. The summed E-state index contributed by atoms with van der Waals surface area (Å²) in [6.07, 6.45) is 0.638. The normalized spacial score (nSPS) is 12.6. The highest BCUT2D eigenvalue weighted by atomic mass is 79.9. The van der Waals surface area contributed by atoms with E-state index in [0.717, 1.165) is 4.47 Å². The van der Waals surface area contributed by atoms with Crippen LogP contribution >= 0.6 is 15.9 Å². The Hall–Kier alpha value is -3.40. The fourth-order valence-electron chi connectivity index (χ4n) is 3.35. The summed E-state index contributed by atoms with van der Waals surface area (Å²) in [6, 6.07) is 8.70. The van der Waals surface area contributed by atoms with E-state index in [0.29, 0.717) is 33.8 Å². The molecule has 0 saturated carbocycles. The van der Waals surface area contributed by atoms with Gasteiger partial charge < -0.3 is 18.9 Å². The van der Waals surface area contributed by atoms with E-state index in [-0.39, 0.29) is 11.3 Å². The SMILES string of the molecule is COC(=O)[C@H](C)Oc1c(OC)cc(C=Nn2c(C(C)(C)C)nc3ccc(Br)cc3c2=O)cc1OC. The first-order chi connectivity index (χ1) is 16.5. The number of esters is 1. The summed E-state index contributed by atoms with van der Waals surface area (Å²) in [5.74, 6) is 0.870. The molecule has 1 atom stereocenters. The van der Waals surface area contributed by atoms with Crippen molar-refractivity contribution in [2.75, 3.05) is 21.3 Å². The van der Waals surface area contributed by atoms with Crippen LogP contribution in [0.3, 0.4) is 0 Å². The van der Waals surface area contributed by atoms with Crippen molar-refractivity contribution in [3.63, 3.8) is 0 Å². The minimum absolute atomic E-state index is 0.245. The van der Waals surface area contributed by atoms with E-state index in [2.05, 4.69) is 21.0 Å². The van der Waals surface area contributed by atoms with Crippen LogP contribution in [0.4, 0.5) is 0 Å². The quantitative estimate of drug-likeness (QED) is 0.322. The van der Waals surface area contributed by atoms with E-state index in [9.17, 15) is 9.59 Å². The second-order valence-electron chi connectivity index (χ2n) is 8.75. The zero-order valence-electron chi connectivity index (χ0n) is 20.7. The molecule has 0 radical (unpaired) electrons. The van der Waals surface area contributed by atoms with E-state index >= 15 is 0 Å². The number of hydrogen-bond acceptors (Lipinski definition) is 8. The lowest BCUT2D eigenvalue weighted by Crippen LogP contribution is -2.29. The molecule has 3 rings (SSSR count). The van der Waals surface area contributed by atoms with Crippen LogP contribution in [-0.4, -0.2) is 49.3 Å². The predicted octanol–water partition coefficient (Wildman–Crippen LogP) is 4.30. The monoisotopic (exact) mass is 545 g/mol. The fraction of sp³-hybridized carbons (Fsp3) is 0.360. The van der Waals surface area contributed by atoms with Crippen LogP contribution in [0.25, 0.3) is 10.9 Å². The molecule has 0 spiro atoms. The van der Waals surface area contributed by atoms with E-state index in [1.54, 1.807) is 31.2 Å². The van der Waals surface area contributed by atoms with Crippen LogP contribution in [-0.2, 0) is 14.9 Å². The van der Waals surface area contributed by atoms with Gasteiger partial charge in [-0.2, -0.15) is 9.78 Å². The van der Waals surface area contributed by atoms with Crippen molar-refractivity contribution in [1.29, 1.82) is 0 Å². The number of methoxy groups -OCH3 is 3. The Morgan fingerprint density at radius 3 is 2.29 bits per heavy atom. The lowest BCUT2D eigenvalue weighted by Gasteiger charge is -2.21. The summed E-state index contributed by atoms with van der Waals surface area (Å²) in [5.41, 5.74) is 0.440. The van der Waals surface area contributed by atoms with Gasteiger partial charge in [-0.15, -0.1) is 0 Å². The highest BCUT2D eigenvalue weighted by molar-refractivity contribution is 9.10. The Morgan fingerprint density at radius 2 is 1.74 bits per heavy atom. The fourth-order valence-corrected chi connectivity index (χ4v) is 3.71. The zero-order valence-corrected chi connectivity index (χ0v) is 22.3. The third-order valence-corrected chi connectivity index (χ3v) is 5.61. The number of carbonyl (C=O) groups excluding carboxylic acids is 1. The van der Waals surface area contributed by atoms with Gasteiger partial charge in [-0.25, -0.2) is 9.78 Å². The van der Waals surface area contributed by atoms with Crippen LogP contribution in [0.15, 0.2) is 44.7 Å². The topological polar surface area (TPSA) is 101 Å². The molecule has 1 heterocycles. The van der Waals surface area contributed by atoms with Gasteiger partial charge in [0.25, 0.3) is 5.56 Å². The lowest BCUT2D eigenvalue weighted by molar-refractivity contribution is -0.148. The van der Waals surface area contributed by atoms with Crippen molar-refractivity contribution in [3.8, 4) is 17.2 Å². The average Bonchev–Trinajstić information content (AvgIpc) is 2.82. The number of hydrogen-bond donors (Lipinski definition) is 0. The molecular formula is C25H28BrN3O6. The van der Waals surface area contributed by atoms with Crippen LogP contribution < -0.4 is 19.8 Å². The third-order valence-electron chi connectivity index (χ3n) is 5.11. The molecule has 0 aliphatic heterocycles. The molecule has 0 bridgehead atoms. The van der Waals surface area contributed by atoms with Crippen LogP contribution in [0.1, 0.15) is 39.1 Å². The number of ether oxygens (including phenoxy) is 4. The number of fused-ring (bicyclic) bond motifs is 1. The highest BCUT2D eigenvalue weighted by Crippen LogP contribution is 2.39. The molecule has 0 saturated heterocycles. The largest absolute Gasteiger partial charge is 0.493 e. The summed E-state index contributed by atoms with van der Waals surface area (Å²) in [6.45, 7) is 7.45. The number of rotatable bonds is 7. The van der Waals surface area contributed by atoms with E-state index in [4.69, 9.17) is 23.9 Å². The van der Waals surface area contributed by atoms with Gasteiger partial charge in [0.1, 0.15) is 5.82 Å². The first-order valence-corrected chi connectivity index (χ1v) is 11.6. The number of carbonyl (C=O) groups is 1. The van der Waals surface area contributed by atoms with Crippen molar-refractivity contribution in [3.05, 3.63) is 56.5 Å². The maximum atomic E-state index is 13.4. The molecule has 0 aliphatic rings. The molecule has 0 fully saturated rings. The van der Waals surface area contributed by atoms with Gasteiger partial charge >= 0.3 is 5.97 Å². The van der Waals surface area contributed by atoms with Crippen LogP contribution in [0.2, 0.25) is 0 Å². The molecule has 0 unspecified atom stereocenters. The van der Waals surface area contributed by atoms with E-state index in [1.165, 1.54) is 32.2 Å². The number of nitrogens with zero attached hydrogens (tertiary/aromatic N) is 3. The lowest BCUT2D eigenvalue weighted by atomic mass is 9.95. The van der Waals surface area contributed by atoms with E-state index in [1.807, 2.05) is 26.8 Å². The summed E-state index contributed by atoms with van der Waals surface area (Å²) in [5, 5.41) is 4.93. The predicted molar refractivity (Wildman–Crippen MR) is 137 cm³/mol. The van der Waals surface area contributed by atoms with Crippen molar-refractivity contribution in [1.82, 2.24) is 9.66 Å². The minimum Gasteiger partial charge on any atom is -0.493 e. The molecular weight excluding hydrogens is 518 g/mol. The number of halogens is 1. The van der Waals surface area contributed by atoms with Crippen LogP contribution in [0.5, 0.6) is 17.2 Å². The Morgan fingerprint density at radius 1 is 1.11 bits per heavy atom. The molecule has 0 N–H and O–H groups in total. The number of benzene rings is 2. The first-order valence-electron chi connectivity index (χ1n) is 10.8. The summed E-state index contributed by atoms with van der Waals surface area (Å²) < 4.78 is 23.5. The molecule has 1 aromatic heterocycles. The summed E-state index contributed by atoms with van der Waals surface area (Å²) in [4.78, 5) is 29.9. The second kappa shape index (κ2) is 10.5. The maximum Gasteiger partial charge on any atom is 0.346 e. The van der Waals surface area contributed by atoms with Gasteiger partial charge in [0.2, 0.25) is 5.75 Å². The molecule has 9 nitrogen and oxygen atoms in total. The van der Waals surface area contributed by atoms with Crippen molar-refractivity contribution in [2.24, 2.45) is 5.10 Å². The second-order valence-corrected chi connectivity index (χ2v) is 9.66. The molecule has 35 heavy (non-hydrogen) atoms. The third kappa shape index (κ3) is 5.64. The van der Waals surface area contributed by atoms with Gasteiger partial charge in [-0.3, -0.25) is 4.79 Å². The van der Waals surface area contributed by atoms with Gasteiger partial charge in [-0.1, -0.05) is 36.7 Å². The Labute approximate surface area is 211 Å². The first kappa shape index (κ1) is 26.2. The molecule has 3 aromatic rings. The van der Waals surface area contributed by atoms with Crippen LogP contribution in [0, 0.1) is 0 Å². The average molecular weight is 546 g/mol. The van der Waals surface area contributed by atoms with E-state index < -0.39 is 17.5 Å². The number of aromatic nitrogens is 2. The van der Waals surface area contributed by atoms with Gasteiger partial charge in [0, 0.05) is 15.5 Å². The van der Waals surface area contributed by atoms with Crippen molar-refractivity contribution < 1.29 is 23.7 Å². The summed E-state index contributed by atoms with van der Waals surface area (Å²) in [7, 11) is 4.22. The minimum atomic E-state index is -0.877. The Balaban J connectivity index is 2.12. The highest BCUT2D eigenvalue weighted by Gasteiger charge is 2.24.